The molecular formula is C27H31N7O2. The van der Waals surface area contributed by atoms with Crippen LogP contribution in [-0.4, -0.2) is 78.6 Å². The van der Waals surface area contributed by atoms with Crippen LogP contribution in [0.3, 0.4) is 0 Å². The highest BCUT2D eigenvalue weighted by Crippen LogP contribution is 2.25. The van der Waals surface area contributed by atoms with Crippen LogP contribution in [0, 0.1) is 0 Å². The molecule has 9 heteroatoms. The van der Waals surface area contributed by atoms with E-state index in [0.29, 0.717) is 24.6 Å². The Labute approximate surface area is 210 Å². The zero-order valence-electron chi connectivity index (χ0n) is 20.5. The molecule has 0 aliphatic carbocycles. The molecule has 3 aromatic rings. The highest BCUT2D eigenvalue weighted by Gasteiger charge is 2.17. The number of H-pyrrole nitrogens is 1. The molecule has 0 saturated carbocycles. The van der Waals surface area contributed by atoms with Gasteiger partial charge >= 0.3 is 0 Å². The first-order chi connectivity index (χ1) is 17.6. The summed E-state index contributed by atoms with van der Waals surface area (Å²) in [6.45, 7) is 11.8. The van der Waals surface area contributed by atoms with Crippen LogP contribution >= 0.6 is 0 Å². The number of pyridine rings is 1. The summed E-state index contributed by atoms with van der Waals surface area (Å²) in [5, 5.41) is 11.0. The number of hydrogen-bond donors (Lipinski definition) is 2. The van der Waals surface area contributed by atoms with Gasteiger partial charge in [-0.05, 0) is 74.1 Å². The SMILES string of the molecule is C=N/C=C(\C=C(/C)c1ccc2[nH]nc(C(=O)Nc3ccc(N4CCOCC4)nc3)c2c1)CN1CCC1. The number of rotatable bonds is 8. The molecule has 2 fully saturated rings. The number of aliphatic imine (C=N–C) groups is 1. The number of hydrogen-bond acceptors (Lipinski definition) is 7. The van der Waals surface area contributed by atoms with Gasteiger partial charge in [-0.1, -0.05) is 12.1 Å². The van der Waals surface area contributed by atoms with Gasteiger partial charge in [0.15, 0.2) is 5.69 Å². The molecule has 0 unspecified atom stereocenters. The predicted molar refractivity (Wildman–Crippen MR) is 144 cm³/mol. The highest BCUT2D eigenvalue weighted by molar-refractivity contribution is 6.11. The van der Waals surface area contributed by atoms with E-state index in [9.17, 15) is 4.79 Å². The van der Waals surface area contributed by atoms with E-state index in [1.54, 1.807) is 6.20 Å². The first-order valence-corrected chi connectivity index (χ1v) is 12.2. The molecule has 5 rings (SSSR count). The minimum absolute atomic E-state index is 0.282. The number of carbonyl (C=O) groups excluding carboxylic acids is 1. The number of aromatic nitrogens is 3. The molecule has 186 valence electrons. The van der Waals surface area contributed by atoms with E-state index in [-0.39, 0.29) is 5.91 Å². The van der Waals surface area contributed by atoms with Crippen molar-refractivity contribution >= 4 is 40.6 Å². The molecule has 1 amide bonds. The number of ether oxygens (including phenoxy) is 1. The third kappa shape index (κ3) is 5.37. The molecular weight excluding hydrogens is 454 g/mol. The van der Waals surface area contributed by atoms with E-state index in [2.05, 4.69) is 55.0 Å². The van der Waals surface area contributed by atoms with Crippen molar-refractivity contribution < 1.29 is 9.53 Å². The molecule has 9 nitrogen and oxygen atoms in total. The van der Waals surface area contributed by atoms with Gasteiger partial charge in [0, 0.05) is 31.2 Å². The number of likely N-dealkylation sites (tertiary alicyclic amines) is 1. The smallest absolute Gasteiger partial charge is 0.276 e. The largest absolute Gasteiger partial charge is 0.378 e. The van der Waals surface area contributed by atoms with Crippen molar-refractivity contribution in [3.8, 4) is 0 Å². The first kappa shape index (κ1) is 23.9. The van der Waals surface area contributed by atoms with Crippen molar-refractivity contribution in [1.82, 2.24) is 20.1 Å². The maximum Gasteiger partial charge on any atom is 0.276 e. The van der Waals surface area contributed by atoms with Crippen molar-refractivity contribution in [2.75, 3.05) is 56.2 Å². The molecule has 2 saturated heterocycles. The predicted octanol–water partition coefficient (Wildman–Crippen LogP) is 3.74. The third-order valence-electron chi connectivity index (χ3n) is 6.59. The molecule has 0 spiro atoms. The van der Waals surface area contributed by atoms with Crippen LogP contribution in [0.25, 0.3) is 16.5 Å². The standard InChI is InChI=1S/C27H31N7O2/c1-19(14-20(16-28-2)18-33-8-3-9-33)21-4-6-24-23(15-21)26(32-31-24)27(35)30-22-5-7-25(29-17-22)34-10-12-36-13-11-34/h4-7,14-17H,2-3,8-13,18H2,1H3,(H,30,35)(H,31,32)/b19-14+,20-16+. The molecule has 0 bridgehead atoms. The molecule has 2 aromatic heterocycles. The van der Waals surface area contributed by atoms with Crippen LogP contribution in [0.2, 0.25) is 0 Å². The Morgan fingerprint density at radius 1 is 1.22 bits per heavy atom. The number of carbonyl (C=O) groups is 1. The molecule has 0 radical (unpaired) electrons. The average molecular weight is 486 g/mol. The van der Waals surface area contributed by atoms with Crippen LogP contribution in [-0.2, 0) is 4.74 Å². The van der Waals surface area contributed by atoms with Gasteiger partial charge in [-0.15, -0.1) is 0 Å². The summed E-state index contributed by atoms with van der Waals surface area (Å²) in [6.07, 6.45) is 6.87. The quantitative estimate of drug-likeness (QED) is 0.373. The average Bonchev–Trinajstić information content (AvgIpc) is 3.31. The highest BCUT2D eigenvalue weighted by atomic mass is 16.5. The van der Waals surface area contributed by atoms with Gasteiger partial charge in [-0.2, -0.15) is 5.10 Å². The normalized spacial score (nSPS) is 17.2. The number of allylic oxidation sites excluding steroid dienone is 1. The topological polar surface area (TPSA) is 98.7 Å². The van der Waals surface area contributed by atoms with Crippen molar-refractivity contribution in [2.24, 2.45) is 4.99 Å². The number of fused-ring (bicyclic) bond motifs is 1. The lowest BCUT2D eigenvalue weighted by molar-refractivity contribution is 0.102. The number of aromatic amines is 1. The summed E-state index contributed by atoms with van der Waals surface area (Å²) in [5.74, 6) is 0.595. The molecule has 36 heavy (non-hydrogen) atoms. The monoisotopic (exact) mass is 485 g/mol. The second-order valence-electron chi connectivity index (χ2n) is 9.13. The van der Waals surface area contributed by atoms with E-state index >= 15 is 0 Å². The van der Waals surface area contributed by atoms with Gasteiger partial charge < -0.3 is 15.0 Å². The lowest BCUT2D eigenvalue weighted by Gasteiger charge is -2.30. The lowest BCUT2D eigenvalue weighted by atomic mass is 10.0. The number of morpholine rings is 1. The summed E-state index contributed by atoms with van der Waals surface area (Å²) < 4.78 is 5.40. The van der Waals surface area contributed by atoms with E-state index < -0.39 is 0 Å². The summed E-state index contributed by atoms with van der Waals surface area (Å²) in [6, 6.07) is 9.77. The maximum absolute atomic E-state index is 13.1. The molecule has 0 atom stereocenters. The Hall–Kier alpha value is -3.82. The fraction of sp³-hybridized carbons (Fsp3) is 0.333. The van der Waals surface area contributed by atoms with Gasteiger partial charge in [0.25, 0.3) is 5.91 Å². The minimum Gasteiger partial charge on any atom is -0.378 e. The zero-order chi connectivity index (χ0) is 24.9. The molecule has 2 aliphatic rings. The lowest BCUT2D eigenvalue weighted by Crippen LogP contribution is -2.38. The number of anilines is 2. The van der Waals surface area contributed by atoms with Crippen LogP contribution in [0.5, 0.6) is 0 Å². The molecule has 1 aromatic carbocycles. The summed E-state index contributed by atoms with van der Waals surface area (Å²) in [4.78, 5) is 26.1. The van der Waals surface area contributed by atoms with E-state index in [4.69, 9.17) is 4.74 Å². The van der Waals surface area contributed by atoms with Crippen LogP contribution in [0.15, 0.2) is 59.4 Å². The Kier molecular flexibility index (Phi) is 7.20. The Morgan fingerprint density at radius 2 is 2.06 bits per heavy atom. The second-order valence-corrected chi connectivity index (χ2v) is 9.13. The van der Waals surface area contributed by atoms with Gasteiger partial charge in [0.2, 0.25) is 0 Å². The molecule has 2 N–H and O–H groups in total. The van der Waals surface area contributed by atoms with Crippen LogP contribution in [0.1, 0.15) is 29.4 Å². The Bertz CT molecular complexity index is 1300. The van der Waals surface area contributed by atoms with Crippen molar-refractivity contribution in [3.05, 3.63) is 65.6 Å². The van der Waals surface area contributed by atoms with Crippen molar-refractivity contribution in [3.63, 3.8) is 0 Å². The fourth-order valence-corrected chi connectivity index (χ4v) is 4.46. The fourth-order valence-electron chi connectivity index (χ4n) is 4.46. The summed E-state index contributed by atoms with van der Waals surface area (Å²) >= 11 is 0. The van der Waals surface area contributed by atoms with Gasteiger partial charge in [0.1, 0.15) is 5.82 Å². The number of benzene rings is 1. The van der Waals surface area contributed by atoms with E-state index in [0.717, 1.165) is 66.2 Å². The van der Waals surface area contributed by atoms with Gasteiger partial charge in [-0.3, -0.25) is 19.8 Å². The van der Waals surface area contributed by atoms with E-state index in [1.807, 2.05) is 36.5 Å². The Morgan fingerprint density at radius 3 is 2.75 bits per heavy atom. The summed E-state index contributed by atoms with van der Waals surface area (Å²) in [5.41, 5.74) is 5.00. The summed E-state index contributed by atoms with van der Waals surface area (Å²) in [7, 11) is 0. The van der Waals surface area contributed by atoms with E-state index in [1.165, 1.54) is 6.42 Å². The first-order valence-electron chi connectivity index (χ1n) is 12.2. The zero-order valence-corrected chi connectivity index (χ0v) is 20.5. The number of nitrogens with zero attached hydrogens (tertiary/aromatic N) is 5. The number of amides is 1. The maximum atomic E-state index is 13.1. The Balaban J connectivity index is 1.32. The second kappa shape index (κ2) is 10.8. The van der Waals surface area contributed by atoms with Crippen molar-refractivity contribution in [1.29, 1.82) is 0 Å². The molecule has 4 heterocycles. The third-order valence-corrected chi connectivity index (χ3v) is 6.59. The van der Waals surface area contributed by atoms with Crippen LogP contribution < -0.4 is 10.2 Å². The van der Waals surface area contributed by atoms with Gasteiger partial charge in [-0.25, -0.2) is 4.98 Å². The van der Waals surface area contributed by atoms with Crippen LogP contribution in [0.4, 0.5) is 11.5 Å². The number of nitrogens with one attached hydrogen (secondary N) is 2. The van der Waals surface area contributed by atoms with Crippen molar-refractivity contribution in [2.45, 2.75) is 13.3 Å². The molecule has 2 aliphatic heterocycles. The minimum atomic E-state index is -0.282. The van der Waals surface area contributed by atoms with Gasteiger partial charge in [0.05, 0.1) is 30.6 Å².